The maximum Gasteiger partial charge on any atom is 0.227 e. The number of anilines is 4. The summed E-state index contributed by atoms with van der Waals surface area (Å²) in [6.07, 6.45) is 4.98. The molecule has 3 aromatic rings. The Hall–Kier alpha value is -3.06. The second kappa shape index (κ2) is 7.65. The lowest BCUT2D eigenvalue weighted by Crippen LogP contribution is -2.19. The van der Waals surface area contributed by atoms with Crippen molar-refractivity contribution < 1.29 is 0 Å². The van der Waals surface area contributed by atoms with Gasteiger partial charge in [-0.05, 0) is 50.5 Å². The summed E-state index contributed by atoms with van der Waals surface area (Å²) < 4.78 is 0. The number of aryl methyl sites for hydroxylation is 2. The molecule has 6 nitrogen and oxygen atoms in total. The van der Waals surface area contributed by atoms with Crippen LogP contribution in [0.4, 0.5) is 23.1 Å². The van der Waals surface area contributed by atoms with Crippen LogP contribution in [0.25, 0.3) is 11.3 Å². The monoisotopic (exact) mass is 416 g/mol. The first kappa shape index (κ1) is 18.9. The number of hydrogen-bond donors (Lipinski definition) is 2. The van der Waals surface area contributed by atoms with Gasteiger partial charge in [-0.25, -0.2) is 15.0 Å². The number of benzene rings is 1. The molecule has 30 heavy (non-hydrogen) atoms. The van der Waals surface area contributed by atoms with Gasteiger partial charge in [0, 0.05) is 42.5 Å². The second-order valence-electron chi connectivity index (χ2n) is 7.96. The summed E-state index contributed by atoms with van der Waals surface area (Å²) in [7, 11) is 0. The minimum Gasteiger partial charge on any atom is -0.357 e. The Morgan fingerprint density at radius 3 is 2.70 bits per heavy atom. The minimum atomic E-state index is 0.562. The molecule has 1 aromatic carbocycles. The fourth-order valence-corrected chi connectivity index (χ4v) is 4.35. The standard InChI is InChI=1S/C23H24N6S/c1-14-5-6-17-19(11-14)26-21(30)12-16-13-24-23(28-22(16)17)27-18-7-8-20(25-15(18)2)29-9-3-4-10-29/h5-8,11,13H,3-4,9-10,12H2,1-2H3,(H,26,30)(H,24,27,28). The van der Waals surface area contributed by atoms with Crippen LogP contribution in [-0.4, -0.2) is 33.0 Å². The van der Waals surface area contributed by atoms with Crippen molar-refractivity contribution in [1.29, 1.82) is 0 Å². The molecular formula is C23H24N6S. The molecular weight excluding hydrogens is 392 g/mol. The van der Waals surface area contributed by atoms with Gasteiger partial charge in [0.2, 0.25) is 5.95 Å². The molecule has 1 saturated heterocycles. The molecule has 0 radical (unpaired) electrons. The van der Waals surface area contributed by atoms with E-state index < -0.39 is 0 Å². The van der Waals surface area contributed by atoms with E-state index in [0.29, 0.717) is 12.4 Å². The van der Waals surface area contributed by atoms with Crippen molar-refractivity contribution in [2.75, 3.05) is 28.6 Å². The third-order valence-corrected chi connectivity index (χ3v) is 5.91. The van der Waals surface area contributed by atoms with Gasteiger partial charge in [-0.1, -0.05) is 24.4 Å². The number of pyridine rings is 1. The molecule has 0 spiro atoms. The van der Waals surface area contributed by atoms with Gasteiger partial charge >= 0.3 is 0 Å². The maximum absolute atomic E-state index is 5.51. The lowest BCUT2D eigenvalue weighted by molar-refractivity contribution is 0.930. The lowest BCUT2D eigenvalue weighted by atomic mass is 10.0. The van der Waals surface area contributed by atoms with Crippen molar-refractivity contribution in [3.8, 4) is 11.3 Å². The Kier molecular flexibility index (Phi) is 4.83. The number of rotatable bonds is 3. The number of hydrogen-bond acceptors (Lipinski definition) is 6. The van der Waals surface area contributed by atoms with Crippen molar-refractivity contribution in [3.63, 3.8) is 0 Å². The molecule has 4 heterocycles. The summed E-state index contributed by atoms with van der Waals surface area (Å²) in [5.74, 6) is 1.61. The number of nitrogens with zero attached hydrogens (tertiary/aromatic N) is 4. The highest BCUT2D eigenvalue weighted by Gasteiger charge is 2.20. The van der Waals surface area contributed by atoms with E-state index >= 15 is 0 Å². The SMILES string of the molecule is Cc1ccc2c(c1)NC(=S)Cc1cnc(Nc3ccc(N4CCCC4)nc3C)nc1-2. The Balaban J connectivity index is 1.48. The molecule has 0 bridgehead atoms. The average Bonchev–Trinajstić information content (AvgIpc) is 3.21. The summed E-state index contributed by atoms with van der Waals surface area (Å²) in [6, 6.07) is 10.4. The zero-order valence-corrected chi connectivity index (χ0v) is 18.0. The summed E-state index contributed by atoms with van der Waals surface area (Å²) in [4.78, 5) is 17.3. The van der Waals surface area contributed by atoms with E-state index in [-0.39, 0.29) is 0 Å². The van der Waals surface area contributed by atoms with Gasteiger partial charge in [0.1, 0.15) is 5.82 Å². The van der Waals surface area contributed by atoms with Gasteiger partial charge in [-0.3, -0.25) is 0 Å². The third-order valence-electron chi connectivity index (χ3n) is 5.67. The third kappa shape index (κ3) is 3.61. The fourth-order valence-electron chi connectivity index (χ4n) is 4.09. The largest absolute Gasteiger partial charge is 0.357 e. The molecule has 7 heteroatoms. The molecule has 2 aliphatic heterocycles. The topological polar surface area (TPSA) is 66.0 Å². The van der Waals surface area contributed by atoms with E-state index in [4.69, 9.17) is 22.2 Å². The maximum atomic E-state index is 5.51. The number of thiocarbonyl (C=S) groups is 1. The minimum absolute atomic E-state index is 0.562. The van der Waals surface area contributed by atoms with Gasteiger partial charge in [-0.2, -0.15) is 0 Å². The molecule has 0 saturated carbocycles. The lowest BCUT2D eigenvalue weighted by Gasteiger charge is -2.18. The summed E-state index contributed by atoms with van der Waals surface area (Å²) in [5, 5.41) is 6.71. The predicted molar refractivity (Wildman–Crippen MR) is 126 cm³/mol. The van der Waals surface area contributed by atoms with Crippen molar-refractivity contribution in [2.45, 2.75) is 33.1 Å². The van der Waals surface area contributed by atoms with E-state index in [1.165, 1.54) is 18.4 Å². The molecule has 2 aliphatic rings. The smallest absolute Gasteiger partial charge is 0.227 e. The highest BCUT2D eigenvalue weighted by Crippen LogP contribution is 2.34. The van der Waals surface area contributed by atoms with Crippen molar-refractivity contribution >= 4 is 40.3 Å². The Labute approximate surface area is 181 Å². The average molecular weight is 417 g/mol. The molecule has 152 valence electrons. The van der Waals surface area contributed by atoms with Crippen LogP contribution in [0.15, 0.2) is 36.5 Å². The van der Waals surface area contributed by atoms with Crippen LogP contribution in [0, 0.1) is 13.8 Å². The summed E-state index contributed by atoms with van der Waals surface area (Å²) in [6.45, 7) is 6.26. The first-order valence-electron chi connectivity index (χ1n) is 10.3. The van der Waals surface area contributed by atoms with Gasteiger partial charge in [0.25, 0.3) is 0 Å². The molecule has 0 amide bonds. The van der Waals surface area contributed by atoms with Crippen LogP contribution < -0.4 is 15.5 Å². The van der Waals surface area contributed by atoms with E-state index in [0.717, 1.165) is 57.8 Å². The van der Waals surface area contributed by atoms with Gasteiger partial charge in [0.05, 0.1) is 22.1 Å². The van der Waals surface area contributed by atoms with Crippen molar-refractivity contribution in [1.82, 2.24) is 15.0 Å². The van der Waals surface area contributed by atoms with Gasteiger partial charge < -0.3 is 15.5 Å². The number of nitrogens with one attached hydrogen (secondary N) is 2. The molecule has 5 rings (SSSR count). The zero-order chi connectivity index (χ0) is 20.7. The molecule has 0 atom stereocenters. The van der Waals surface area contributed by atoms with Crippen LogP contribution in [0.1, 0.15) is 29.7 Å². The highest BCUT2D eigenvalue weighted by atomic mass is 32.1. The van der Waals surface area contributed by atoms with Crippen molar-refractivity contribution in [2.24, 2.45) is 0 Å². The second-order valence-corrected chi connectivity index (χ2v) is 8.46. The summed E-state index contributed by atoms with van der Waals surface area (Å²) in [5.41, 5.74) is 7.02. The van der Waals surface area contributed by atoms with Crippen LogP contribution in [-0.2, 0) is 6.42 Å². The van der Waals surface area contributed by atoms with E-state index in [1.54, 1.807) is 0 Å². The zero-order valence-electron chi connectivity index (χ0n) is 17.2. The molecule has 2 N–H and O–H groups in total. The van der Waals surface area contributed by atoms with Crippen LogP contribution >= 0.6 is 12.2 Å². The Morgan fingerprint density at radius 1 is 1.07 bits per heavy atom. The van der Waals surface area contributed by atoms with Gasteiger partial charge in [-0.15, -0.1) is 0 Å². The molecule has 2 aromatic heterocycles. The van der Waals surface area contributed by atoms with E-state index in [2.05, 4.69) is 57.8 Å². The van der Waals surface area contributed by atoms with Crippen LogP contribution in [0.5, 0.6) is 0 Å². The fraction of sp³-hybridized carbons (Fsp3) is 0.304. The first-order valence-corrected chi connectivity index (χ1v) is 10.7. The quantitative estimate of drug-likeness (QED) is 0.595. The van der Waals surface area contributed by atoms with Crippen LogP contribution in [0.2, 0.25) is 0 Å². The van der Waals surface area contributed by atoms with Crippen LogP contribution in [0.3, 0.4) is 0 Å². The molecule has 0 aliphatic carbocycles. The van der Waals surface area contributed by atoms with Crippen molar-refractivity contribution in [3.05, 3.63) is 53.3 Å². The number of aromatic nitrogens is 3. The Morgan fingerprint density at radius 2 is 1.90 bits per heavy atom. The molecule has 1 fully saturated rings. The summed E-state index contributed by atoms with van der Waals surface area (Å²) >= 11 is 5.51. The predicted octanol–water partition coefficient (Wildman–Crippen LogP) is 4.79. The first-order chi connectivity index (χ1) is 14.6. The normalized spacial score (nSPS) is 15.3. The van der Waals surface area contributed by atoms with E-state index in [1.807, 2.05) is 13.1 Å². The number of fused-ring (bicyclic) bond motifs is 3. The highest BCUT2D eigenvalue weighted by molar-refractivity contribution is 7.80. The van der Waals surface area contributed by atoms with E-state index in [9.17, 15) is 0 Å². The van der Waals surface area contributed by atoms with Gasteiger partial charge in [0.15, 0.2) is 0 Å². The Bertz CT molecular complexity index is 1140. The molecule has 0 unspecified atom stereocenters.